The van der Waals surface area contributed by atoms with Gasteiger partial charge in [0.15, 0.2) is 11.6 Å². The molecule has 2 nitrogen and oxygen atoms in total. The van der Waals surface area contributed by atoms with Crippen molar-refractivity contribution in [2.75, 3.05) is 12.3 Å². The van der Waals surface area contributed by atoms with Crippen molar-refractivity contribution >= 4 is 10.8 Å². The molecule has 0 saturated carbocycles. The lowest BCUT2D eigenvalue weighted by molar-refractivity contribution is 0.473. The Morgan fingerprint density at radius 3 is 2.83 bits per heavy atom. The van der Waals surface area contributed by atoms with Gasteiger partial charge in [0, 0.05) is 16.7 Å². The van der Waals surface area contributed by atoms with Gasteiger partial charge in [0.2, 0.25) is 0 Å². The highest BCUT2D eigenvalue weighted by molar-refractivity contribution is 7.85. The van der Waals surface area contributed by atoms with Crippen molar-refractivity contribution in [2.24, 2.45) is 0 Å². The molecular weight excluding hydrogens is 256 g/mol. The molecule has 0 amide bonds. The van der Waals surface area contributed by atoms with Crippen molar-refractivity contribution < 1.29 is 13.0 Å². The Kier molecular flexibility index (Phi) is 4.45. The van der Waals surface area contributed by atoms with Crippen LogP contribution in [0.1, 0.15) is 37.8 Å². The van der Waals surface area contributed by atoms with Crippen molar-refractivity contribution in [1.29, 1.82) is 0 Å². The molecule has 1 N–H and O–H groups in total. The molecule has 0 bridgehead atoms. The van der Waals surface area contributed by atoms with Gasteiger partial charge in [-0.25, -0.2) is 8.78 Å². The summed E-state index contributed by atoms with van der Waals surface area (Å²) in [5, 5.41) is 3.31. The molecule has 0 aliphatic carbocycles. The van der Waals surface area contributed by atoms with E-state index in [1.807, 2.05) is 6.92 Å². The van der Waals surface area contributed by atoms with Crippen LogP contribution in [0.5, 0.6) is 0 Å². The van der Waals surface area contributed by atoms with E-state index in [0.717, 1.165) is 31.9 Å². The number of benzene rings is 1. The van der Waals surface area contributed by atoms with Gasteiger partial charge in [0.05, 0.1) is 10.8 Å². The van der Waals surface area contributed by atoms with E-state index in [0.29, 0.717) is 16.2 Å². The summed E-state index contributed by atoms with van der Waals surface area (Å²) < 4.78 is 38.6. The summed E-state index contributed by atoms with van der Waals surface area (Å²) in [7, 11) is -1.22. The minimum absolute atomic E-state index is 0.0264. The summed E-state index contributed by atoms with van der Waals surface area (Å²) in [6.07, 6.45) is 2.58. The first-order valence-electron chi connectivity index (χ1n) is 6.24. The number of hydrogen-bond acceptors (Lipinski definition) is 2. The molecule has 0 spiro atoms. The second-order valence-electron chi connectivity index (χ2n) is 4.50. The van der Waals surface area contributed by atoms with Crippen molar-refractivity contribution in [2.45, 2.75) is 37.1 Å². The maximum absolute atomic E-state index is 13.4. The molecular formula is C13H17F2NOS. The highest BCUT2D eigenvalue weighted by Crippen LogP contribution is 2.31. The summed E-state index contributed by atoms with van der Waals surface area (Å²) in [6.45, 7) is 2.86. The van der Waals surface area contributed by atoms with E-state index in [1.54, 1.807) is 0 Å². The van der Waals surface area contributed by atoms with Gasteiger partial charge >= 0.3 is 0 Å². The van der Waals surface area contributed by atoms with Crippen LogP contribution in [0.2, 0.25) is 0 Å². The first kappa shape index (κ1) is 13.6. The smallest absolute Gasteiger partial charge is 0.160 e. The molecule has 5 heteroatoms. The quantitative estimate of drug-likeness (QED) is 0.917. The molecule has 1 aromatic rings. The summed E-state index contributed by atoms with van der Waals surface area (Å²) >= 11 is 0. The fourth-order valence-corrected chi connectivity index (χ4v) is 3.58. The normalized spacial score (nSPS) is 23.5. The molecule has 1 heterocycles. The monoisotopic (exact) mass is 273 g/mol. The molecule has 2 atom stereocenters. The van der Waals surface area contributed by atoms with Crippen LogP contribution in [-0.2, 0) is 10.8 Å². The van der Waals surface area contributed by atoms with Crippen molar-refractivity contribution in [1.82, 2.24) is 5.32 Å². The van der Waals surface area contributed by atoms with E-state index in [-0.39, 0.29) is 6.04 Å². The lowest BCUT2D eigenvalue weighted by Crippen LogP contribution is -2.22. The topological polar surface area (TPSA) is 29.1 Å². The molecule has 0 aromatic heterocycles. The average Bonchev–Trinajstić information content (AvgIpc) is 2.49. The predicted molar refractivity (Wildman–Crippen MR) is 67.9 cm³/mol. The Bertz CT molecular complexity index is 465. The van der Waals surface area contributed by atoms with Crippen molar-refractivity contribution in [3.05, 3.63) is 29.3 Å². The molecule has 0 fully saturated rings. The van der Waals surface area contributed by atoms with E-state index < -0.39 is 22.4 Å². The highest BCUT2D eigenvalue weighted by Gasteiger charge is 2.24. The van der Waals surface area contributed by atoms with Crippen LogP contribution < -0.4 is 5.32 Å². The molecule has 1 aromatic carbocycles. The van der Waals surface area contributed by atoms with E-state index in [4.69, 9.17) is 0 Å². The van der Waals surface area contributed by atoms with E-state index in [1.165, 1.54) is 6.07 Å². The fourth-order valence-electron chi connectivity index (χ4n) is 2.23. The van der Waals surface area contributed by atoms with Gasteiger partial charge in [-0.2, -0.15) is 0 Å². The standard InChI is InChI=1S/C13H17F2NOS/c1-2-5-16-12-4-3-6-18(17)13-8-11(15)10(14)7-9(12)13/h7-8,12,16H,2-6H2,1H3. The van der Waals surface area contributed by atoms with E-state index in [2.05, 4.69) is 5.32 Å². The average molecular weight is 273 g/mol. The molecule has 0 saturated heterocycles. The summed E-state index contributed by atoms with van der Waals surface area (Å²) in [5.41, 5.74) is 0.651. The number of rotatable bonds is 3. The van der Waals surface area contributed by atoms with E-state index in [9.17, 15) is 13.0 Å². The molecule has 0 radical (unpaired) electrons. The molecule has 1 aliphatic rings. The van der Waals surface area contributed by atoms with Crippen LogP contribution in [0.4, 0.5) is 8.78 Å². The minimum atomic E-state index is -1.22. The Morgan fingerprint density at radius 2 is 2.11 bits per heavy atom. The number of halogens is 2. The van der Waals surface area contributed by atoms with Crippen molar-refractivity contribution in [3.8, 4) is 0 Å². The number of nitrogens with one attached hydrogen (secondary N) is 1. The zero-order chi connectivity index (χ0) is 13.1. The second-order valence-corrected chi connectivity index (χ2v) is 6.04. The van der Waals surface area contributed by atoms with Crippen molar-refractivity contribution in [3.63, 3.8) is 0 Å². The van der Waals surface area contributed by atoms with Crippen LogP contribution >= 0.6 is 0 Å². The third kappa shape index (κ3) is 2.78. The zero-order valence-corrected chi connectivity index (χ0v) is 11.2. The zero-order valence-electron chi connectivity index (χ0n) is 10.3. The SMILES string of the molecule is CCCNC1CCCS(=O)c2cc(F)c(F)cc21. The molecule has 2 unspecified atom stereocenters. The summed E-state index contributed by atoms with van der Waals surface area (Å²) in [6, 6.07) is 2.26. The molecule has 100 valence electrons. The molecule has 2 rings (SSSR count). The third-order valence-corrected chi connectivity index (χ3v) is 4.64. The maximum atomic E-state index is 13.4. The van der Waals surface area contributed by atoms with Gasteiger partial charge in [0.1, 0.15) is 0 Å². The van der Waals surface area contributed by atoms with Gasteiger partial charge in [-0.05, 0) is 43.5 Å². The highest BCUT2D eigenvalue weighted by atomic mass is 32.2. The van der Waals surface area contributed by atoms with Gasteiger partial charge < -0.3 is 5.32 Å². The summed E-state index contributed by atoms with van der Waals surface area (Å²) in [5.74, 6) is -1.27. The Balaban J connectivity index is 2.41. The first-order valence-corrected chi connectivity index (χ1v) is 7.56. The van der Waals surface area contributed by atoms with Gasteiger partial charge in [-0.15, -0.1) is 0 Å². The van der Waals surface area contributed by atoms with Gasteiger partial charge in [-0.1, -0.05) is 6.92 Å². The second kappa shape index (κ2) is 5.89. The first-order chi connectivity index (χ1) is 8.63. The van der Waals surface area contributed by atoms with E-state index >= 15 is 0 Å². The Hall–Kier alpha value is -0.810. The van der Waals surface area contributed by atoms with Gasteiger partial charge in [-0.3, -0.25) is 4.21 Å². The lowest BCUT2D eigenvalue weighted by atomic mass is 10.0. The van der Waals surface area contributed by atoms with Crippen LogP contribution in [-0.4, -0.2) is 16.5 Å². The van der Waals surface area contributed by atoms with Crippen LogP contribution in [0.3, 0.4) is 0 Å². The molecule has 18 heavy (non-hydrogen) atoms. The minimum Gasteiger partial charge on any atom is -0.310 e. The third-order valence-electron chi connectivity index (χ3n) is 3.14. The Labute approximate surface area is 108 Å². The largest absolute Gasteiger partial charge is 0.310 e. The summed E-state index contributed by atoms with van der Waals surface area (Å²) in [4.78, 5) is 0.444. The predicted octanol–water partition coefficient (Wildman–Crippen LogP) is 2.91. The Morgan fingerprint density at radius 1 is 1.39 bits per heavy atom. The van der Waals surface area contributed by atoms with Crippen LogP contribution in [0.25, 0.3) is 0 Å². The lowest BCUT2D eigenvalue weighted by Gasteiger charge is -2.18. The van der Waals surface area contributed by atoms with Gasteiger partial charge in [0.25, 0.3) is 0 Å². The maximum Gasteiger partial charge on any atom is 0.160 e. The van der Waals surface area contributed by atoms with Crippen LogP contribution in [0, 0.1) is 11.6 Å². The number of fused-ring (bicyclic) bond motifs is 1. The number of hydrogen-bond donors (Lipinski definition) is 1. The van der Waals surface area contributed by atoms with Crippen LogP contribution in [0.15, 0.2) is 17.0 Å². The molecule has 1 aliphatic heterocycles. The fraction of sp³-hybridized carbons (Fsp3) is 0.538.